The van der Waals surface area contributed by atoms with Gasteiger partial charge in [-0.2, -0.15) is 0 Å². The molecular weight excluding hydrogens is 488 g/mol. The Bertz CT molecular complexity index is 1550. The third-order valence-corrected chi connectivity index (χ3v) is 8.57. The number of nitrogens with one attached hydrogen (secondary N) is 1. The summed E-state index contributed by atoms with van der Waals surface area (Å²) in [6.07, 6.45) is 10.3. The second-order valence-corrected chi connectivity index (χ2v) is 11.1. The fourth-order valence-electron chi connectivity index (χ4n) is 5.47. The number of anilines is 2. The summed E-state index contributed by atoms with van der Waals surface area (Å²) >= 11 is 0. The summed E-state index contributed by atoms with van der Waals surface area (Å²) in [7, 11) is -3.81. The van der Waals surface area contributed by atoms with E-state index < -0.39 is 10.0 Å². The van der Waals surface area contributed by atoms with Crippen molar-refractivity contribution < 1.29 is 8.42 Å². The van der Waals surface area contributed by atoms with Gasteiger partial charge >= 0.3 is 0 Å². The Kier molecular flexibility index (Phi) is 5.86. The Labute approximate surface area is 215 Å². The normalized spacial score (nSPS) is 17.5. The molecule has 1 aromatic carbocycles. The molecule has 0 radical (unpaired) electrons. The van der Waals surface area contributed by atoms with Crippen LogP contribution in [0.5, 0.6) is 0 Å². The molecule has 4 heterocycles. The van der Waals surface area contributed by atoms with Crippen molar-refractivity contribution in [2.45, 2.75) is 62.9 Å². The first-order valence-electron chi connectivity index (χ1n) is 12.6. The first kappa shape index (κ1) is 23.5. The zero-order valence-electron chi connectivity index (χ0n) is 20.7. The SMILES string of the molecule is CC[C@@H]1c2nnc(C)n2-c2cnc(-c3ccncc3NS(=O)(=O)c3ccccc3)nc2N1C1CCCC1. The van der Waals surface area contributed by atoms with Crippen LogP contribution in [0.3, 0.4) is 0 Å². The summed E-state index contributed by atoms with van der Waals surface area (Å²) in [5.74, 6) is 2.96. The van der Waals surface area contributed by atoms with Crippen molar-refractivity contribution in [2.75, 3.05) is 9.62 Å². The molecule has 1 N–H and O–H groups in total. The molecule has 37 heavy (non-hydrogen) atoms. The Morgan fingerprint density at radius 3 is 2.59 bits per heavy atom. The van der Waals surface area contributed by atoms with E-state index in [-0.39, 0.29) is 10.9 Å². The van der Waals surface area contributed by atoms with Crippen LogP contribution in [-0.4, -0.2) is 44.2 Å². The number of pyridine rings is 1. The lowest BCUT2D eigenvalue weighted by molar-refractivity contribution is 0.468. The highest BCUT2D eigenvalue weighted by Crippen LogP contribution is 2.44. The van der Waals surface area contributed by atoms with Gasteiger partial charge in [0.2, 0.25) is 0 Å². The molecule has 190 valence electrons. The highest BCUT2D eigenvalue weighted by molar-refractivity contribution is 7.92. The van der Waals surface area contributed by atoms with Crippen LogP contribution in [0.15, 0.2) is 59.9 Å². The van der Waals surface area contributed by atoms with Crippen molar-refractivity contribution >= 4 is 21.5 Å². The van der Waals surface area contributed by atoms with Gasteiger partial charge in [0.15, 0.2) is 17.5 Å². The summed E-state index contributed by atoms with van der Waals surface area (Å²) in [5.41, 5.74) is 1.73. The average molecular weight is 517 g/mol. The van der Waals surface area contributed by atoms with Crippen LogP contribution in [0.25, 0.3) is 17.1 Å². The summed E-state index contributed by atoms with van der Waals surface area (Å²) in [6, 6.07) is 10.4. The van der Waals surface area contributed by atoms with Crippen molar-refractivity contribution in [2.24, 2.45) is 0 Å². The quantitative estimate of drug-likeness (QED) is 0.399. The van der Waals surface area contributed by atoms with Gasteiger partial charge in [0.05, 0.1) is 29.0 Å². The number of rotatable bonds is 6. The number of aromatic nitrogens is 6. The molecule has 4 aromatic rings. The van der Waals surface area contributed by atoms with E-state index in [1.54, 1.807) is 48.8 Å². The zero-order chi connectivity index (χ0) is 25.6. The van der Waals surface area contributed by atoms with Crippen LogP contribution in [0.2, 0.25) is 0 Å². The Hall–Kier alpha value is -3.86. The Balaban J connectivity index is 1.47. The fourth-order valence-corrected chi connectivity index (χ4v) is 6.56. The van der Waals surface area contributed by atoms with Crippen molar-refractivity contribution in [3.8, 4) is 17.1 Å². The monoisotopic (exact) mass is 516 g/mol. The van der Waals surface area contributed by atoms with E-state index in [9.17, 15) is 8.42 Å². The lowest BCUT2D eigenvalue weighted by atomic mass is 10.0. The summed E-state index contributed by atoms with van der Waals surface area (Å²) in [5, 5.41) is 8.89. The maximum Gasteiger partial charge on any atom is 0.261 e. The average Bonchev–Trinajstić information content (AvgIpc) is 3.58. The van der Waals surface area contributed by atoms with E-state index in [1.165, 1.54) is 19.0 Å². The van der Waals surface area contributed by atoms with Crippen LogP contribution in [0, 0.1) is 6.92 Å². The maximum absolute atomic E-state index is 13.1. The zero-order valence-corrected chi connectivity index (χ0v) is 21.6. The second kappa shape index (κ2) is 9.22. The number of fused-ring (bicyclic) bond motifs is 3. The van der Waals surface area contributed by atoms with Gasteiger partial charge < -0.3 is 4.90 Å². The smallest absolute Gasteiger partial charge is 0.261 e. The number of benzene rings is 1. The third-order valence-electron chi connectivity index (χ3n) is 7.18. The molecule has 1 atom stereocenters. The molecule has 0 spiro atoms. The van der Waals surface area contributed by atoms with Crippen molar-refractivity contribution in [3.63, 3.8) is 0 Å². The topological polar surface area (TPSA) is 119 Å². The Morgan fingerprint density at radius 1 is 1.05 bits per heavy atom. The van der Waals surface area contributed by atoms with Gasteiger partial charge in [-0.25, -0.2) is 18.4 Å². The Morgan fingerprint density at radius 2 is 1.84 bits per heavy atom. The highest BCUT2D eigenvalue weighted by Gasteiger charge is 2.39. The van der Waals surface area contributed by atoms with Gasteiger partial charge in [-0.15, -0.1) is 10.2 Å². The molecule has 1 aliphatic carbocycles. The van der Waals surface area contributed by atoms with E-state index in [0.717, 1.165) is 42.4 Å². The minimum absolute atomic E-state index is 0.0491. The molecule has 2 aliphatic rings. The predicted molar refractivity (Wildman–Crippen MR) is 140 cm³/mol. The molecule has 11 heteroatoms. The standard InChI is InChI=1S/C26H28N8O2S/c1-3-22-26-31-30-17(2)33(26)23-16-28-24(29-25(23)34(22)18-9-7-8-10-18)20-13-14-27-15-21(20)32-37(35,36)19-11-5-4-6-12-19/h4-6,11-16,18,22,32H,3,7-10H2,1-2H3/t22-/m1/s1. The minimum Gasteiger partial charge on any atom is -0.342 e. The molecule has 0 bridgehead atoms. The first-order valence-corrected chi connectivity index (χ1v) is 14.1. The number of nitrogens with zero attached hydrogens (tertiary/aromatic N) is 7. The number of sulfonamides is 1. The molecule has 0 amide bonds. The second-order valence-electron chi connectivity index (χ2n) is 9.45. The van der Waals surface area contributed by atoms with Gasteiger partial charge in [-0.1, -0.05) is 38.0 Å². The van der Waals surface area contributed by atoms with E-state index >= 15 is 0 Å². The summed E-state index contributed by atoms with van der Waals surface area (Å²) in [6.45, 7) is 4.10. The van der Waals surface area contributed by atoms with Crippen LogP contribution in [0.1, 0.15) is 56.7 Å². The van der Waals surface area contributed by atoms with Gasteiger partial charge in [-0.3, -0.25) is 14.3 Å². The number of hydrogen-bond acceptors (Lipinski definition) is 8. The van der Waals surface area contributed by atoms with Gasteiger partial charge in [0.1, 0.15) is 11.5 Å². The number of hydrogen-bond donors (Lipinski definition) is 1. The first-order chi connectivity index (χ1) is 18.0. The van der Waals surface area contributed by atoms with E-state index in [4.69, 9.17) is 4.98 Å². The summed E-state index contributed by atoms with van der Waals surface area (Å²) < 4.78 is 30.9. The molecule has 10 nitrogen and oxygen atoms in total. The minimum atomic E-state index is -3.81. The van der Waals surface area contributed by atoms with E-state index in [1.807, 2.05) is 11.5 Å². The highest BCUT2D eigenvalue weighted by atomic mass is 32.2. The van der Waals surface area contributed by atoms with Crippen LogP contribution in [-0.2, 0) is 10.0 Å². The molecule has 6 rings (SSSR count). The maximum atomic E-state index is 13.1. The lowest BCUT2D eigenvalue weighted by Crippen LogP contribution is -2.42. The van der Waals surface area contributed by atoms with Gasteiger partial charge in [0.25, 0.3) is 10.0 Å². The molecule has 3 aromatic heterocycles. The van der Waals surface area contributed by atoms with Crippen LogP contribution >= 0.6 is 0 Å². The summed E-state index contributed by atoms with van der Waals surface area (Å²) in [4.78, 5) is 16.5. The van der Waals surface area contributed by atoms with Crippen molar-refractivity contribution in [1.82, 2.24) is 29.7 Å². The molecule has 1 fully saturated rings. The molecule has 0 saturated heterocycles. The molecular formula is C26H28N8O2S. The van der Waals surface area contributed by atoms with Crippen LogP contribution in [0.4, 0.5) is 11.5 Å². The van der Waals surface area contributed by atoms with E-state index in [2.05, 4.69) is 36.7 Å². The molecule has 0 unspecified atom stereocenters. The van der Waals surface area contributed by atoms with Crippen LogP contribution < -0.4 is 9.62 Å². The largest absolute Gasteiger partial charge is 0.342 e. The van der Waals surface area contributed by atoms with Crippen molar-refractivity contribution in [3.05, 3.63) is 66.6 Å². The molecule has 1 aliphatic heterocycles. The molecule has 1 saturated carbocycles. The van der Waals surface area contributed by atoms with E-state index in [0.29, 0.717) is 23.1 Å². The van der Waals surface area contributed by atoms with Gasteiger partial charge in [-0.05, 0) is 44.4 Å². The third kappa shape index (κ3) is 4.03. The fraction of sp³-hybridized carbons (Fsp3) is 0.346. The lowest BCUT2D eigenvalue weighted by Gasteiger charge is -2.41. The van der Waals surface area contributed by atoms with Gasteiger partial charge in [0, 0.05) is 17.8 Å². The number of aryl methyl sites for hydroxylation is 1. The van der Waals surface area contributed by atoms with Crippen molar-refractivity contribution in [1.29, 1.82) is 0 Å². The predicted octanol–water partition coefficient (Wildman–Crippen LogP) is 4.44.